The molecule has 1 saturated carbocycles. The highest BCUT2D eigenvalue weighted by Gasteiger charge is 2.25. The minimum atomic E-state index is 0.177. The van der Waals surface area contributed by atoms with Gasteiger partial charge in [-0.2, -0.15) is 5.10 Å². The number of carbonyl (C=O) groups excluding carboxylic acids is 1. The van der Waals surface area contributed by atoms with Gasteiger partial charge in [0.25, 0.3) is 0 Å². The summed E-state index contributed by atoms with van der Waals surface area (Å²) in [5, 5.41) is 7.66. The maximum Gasteiger partial charge on any atom is 0.223 e. The SMILES string of the molecule is COc1ccc(CN2CCn3nc(CNC(=O)C4CCC4)cc3C2)cn1. The third kappa shape index (κ3) is 3.72. The van der Waals surface area contributed by atoms with Crippen molar-refractivity contribution in [3.05, 3.63) is 41.3 Å². The third-order valence-electron chi connectivity index (χ3n) is 5.26. The summed E-state index contributed by atoms with van der Waals surface area (Å²) in [4.78, 5) is 18.6. The molecule has 0 saturated heterocycles. The van der Waals surface area contributed by atoms with Gasteiger partial charge in [-0.1, -0.05) is 12.5 Å². The van der Waals surface area contributed by atoms with Crippen LogP contribution < -0.4 is 10.1 Å². The summed E-state index contributed by atoms with van der Waals surface area (Å²) in [6.07, 6.45) is 5.10. The average molecular weight is 355 g/mol. The predicted octanol–water partition coefficient (Wildman–Crippen LogP) is 1.72. The first kappa shape index (κ1) is 17.0. The number of methoxy groups -OCH3 is 1. The Morgan fingerprint density at radius 2 is 2.23 bits per heavy atom. The standard InChI is InChI=1S/C19H25N5O2/c1-26-18-6-5-14(10-20-18)12-23-7-8-24-17(13-23)9-16(22-24)11-21-19(25)15-3-2-4-15/h5-6,9-10,15H,2-4,7-8,11-13H2,1H3,(H,21,25). The summed E-state index contributed by atoms with van der Waals surface area (Å²) in [5.41, 5.74) is 3.32. The van der Waals surface area contributed by atoms with E-state index in [4.69, 9.17) is 4.74 Å². The summed E-state index contributed by atoms with van der Waals surface area (Å²) in [7, 11) is 1.63. The van der Waals surface area contributed by atoms with Gasteiger partial charge in [0.05, 0.1) is 31.6 Å². The molecule has 2 aromatic rings. The lowest BCUT2D eigenvalue weighted by Crippen LogP contribution is -2.34. The zero-order valence-corrected chi connectivity index (χ0v) is 15.1. The Balaban J connectivity index is 1.33. The van der Waals surface area contributed by atoms with E-state index in [0.29, 0.717) is 12.4 Å². The van der Waals surface area contributed by atoms with Crippen LogP contribution in [0, 0.1) is 5.92 Å². The molecule has 3 heterocycles. The van der Waals surface area contributed by atoms with Gasteiger partial charge in [0.15, 0.2) is 0 Å². The molecule has 2 aromatic heterocycles. The average Bonchev–Trinajstić information content (AvgIpc) is 3.01. The smallest absolute Gasteiger partial charge is 0.223 e. The van der Waals surface area contributed by atoms with Crippen molar-refractivity contribution in [3.63, 3.8) is 0 Å². The second-order valence-electron chi connectivity index (χ2n) is 7.12. The maximum absolute atomic E-state index is 12.0. The molecule has 26 heavy (non-hydrogen) atoms. The predicted molar refractivity (Wildman–Crippen MR) is 96.3 cm³/mol. The minimum absolute atomic E-state index is 0.177. The molecule has 0 spiro atoms. The van der Waals surface area contributed by atoms with Crippen molar-refractivity contribution in [3.8, 4) is 5.88 Å². The Morgan fingerprint density at radius 1 is 1.35 bits per heavy atom. The van der Waals surface area contributed by atoms with E-state index in [-0.39, 0.29) is 11.8 Å². The first-order valence-electron chi connectivity index (χ1n) is 9.26. The van der Waals surface area contributed by atoms with E-state index in [1.165, 1.54) is 17.7 Å². The zero-order chi connectivity index (χ0) is 17.9. The Kier molecular flexibility index (Phi) is 4.88. The number of hydrogen-bond donors (Lipinski definition) is 1. The van der Waals surface area contributed by atoms with Crippen LogP contribution in [-0.4, -0.2) is 39.2 Å². The molecule has 1 aliphatic carbocycles. The molecule has 1 aliphatic heterocycles. The summed E-state index contributed by atoms with van der Waals surface area (Å²) in [6, 6.07) is 6.06. The third-order valence-corrected chi connectivity index (χ3v) is 5.26. The summed E-state index contributed by atoms with van der Waals surface area (Å²) in [5.74, 6) is 1.04. The molecular formula is C19H25N5O2. The van der Waals surface area contributed by atoms with Crippen molar-refractivity contribution in [1.29, 1.82) is 0 Å². The number of nitrogens with one attached hydrogen (secondary N) is 1. The molecule has 0 unspecified atom stereocenters. The van der Waals surface area contributed by atoms with E-state index in [0.717, 1.165) is 44.7 Å². The van der Waals surface area contributed by atoms with Crippen LogP contribution in [0.5, 0.6) is 5.88 Å². The number of ether oxygens (including phenoxy) is 1. The highest BCUT2D eigenvalue weighted by molar-refractivity contribution is 5.79. The quantitative estimate of drug-likeness (QED) is 0.854. The van der Waals surface area contributed by atoms with Crippen molar-refractivity contribution < 1.29 is 9.53 Å². The molecule has 1 amide bonds. The molecule has 4 rings (SSSR count). The number of nitrogens with zero attached hydrogens (tertiary/aromatic N) is 4. The van der Waals surface area contributed by atoms with E-state index in [1.807, 2.05) is 12.3 Å². The molecule has 2 aliphatic rings. The van der Waals surface area contributed by atoms with Crippen molar-refractivity contribution in [2.75, 3.05) is 13.7 Å². The normalized spacial score (nSPS) is 17.4. The van der Waals surface area contributed by atoms with Crippen LogP contribution >= 0.6 is 0 Å². The van der Waals surface area contributed by atoms with Gasteiger partial charge in [-0.25, -0.2) is 4.98 Å². The van der Waals surface area contributed by atoms with Gasteiger partial charge in [-0.15, -0.1) is 0 Å². The lowest BCUT2D eigenvalue weighted by atomic mass is 9.85. The van der Waals surface area contributed by atoms with Gasteiger partial charge in [-0.05, 0) is 24.5 Å². The number of pyridine rings is 1. The monoisotopic (exact) mass is 355 g/mol. The summed E-state index contributed by atoms with van der Waals surface area (Å²) >= 11 is 0. The lowest BCUT2D eigenvalue weighted by molar-refractivity contribution is -0.127. The Bertz CT molecular complexity index is 767. The number of fused-ring (bicyclic) bond motifs is 1. The Hall–Kier alpha value is -2.41. The van der Waals surface area contributed by atoms with Crippen LogP contribution in [0.3, 0.4) is 0 Å². The van der Waals surface area contributed by atoms with E-state index < -0.39 is 0 Å². The van der Waals surface area contributed by atoms with Gasteiger partial charge in [-0.3, -0.25) is 14.4 Å². The van der Waals surface area contributed by atoms with Gasteiger partial charge in [0, 0.05) is 37.8 Å². The van der Waals surface area contributed by atoms with Crippen molar-refractivity contribution >= 4 is 5.91 Å². The lowest BCUT2D eigenvalue weighted by Gasteiger charge is -2.27. The molecule has 0 atom stereocenters. The van der Waals surface area contributed by atoms with Gasteiger partial charge >= 0.3 is 0 Å². The first-order valence-corrected chi connectivity index (χ1v) is 9.26. The molecular weight excluding hydrogens is 330 g/mol. The van der Waals surface area contributed by atoms with E-state index in [2.05, 4.69) is 37.1 Å². The number of amides is 1. The maximum atomic E-state index is 12.0. The number of aromatic nitrogens is 3. The largest absolute Gasteiger partial charge is 0.481 e. The van der Waals surface area contributed by atoms with Crippen LogP contribution in [0.25, 0.3) is 0 Å². The molecule has 7 heteroatoms. The molecule has 7 nitrogen and oxygen atoms in total. The molecule has 0 aromatic carbocycles. The van der Waals surface area contributed by atoms with Crippen LogP contribution in [0.4, 0.5) is 0 Å². The first-order chi connectivity index (χ1) is 12.7. The number of hydrogen-bond acceptors (Lipinski definition) is 5. The van der Waals surface area contributed by atoms with Crippen molar-refractivity contribution in [2.45, 2.75) is 45.4 Å². The Labute approximate surface area is 153 Å². The highest BCUT2D eigenvalue weighted by atomic mass is 16.5. The second kappa shape index (κ2) is 7.45. The van der Waals surface area contributed by atoms with Crippen LogP contribution in [0.2, 0.25) is 0 Å². The minimum Gasteiger partial charge on any atom is -0.481 e. The van der Waals surface area contributed by atoms with Crippen molar-refractivity contribution in [2.24, 2.45) is 5.92 Å². The van der Waals surface area contributed by atoms with Crippen molar-refractivity contribution in [1.82, 2.24) is 25.0 Å². The van der Waals surface area contributed by atoms with E-state index in [1.54, 1.807) is 7.11 Å². The fraction of sp³-hybridized carbons (Fsp3) is 0.526. The fourth-order valence-corrected chi connectivity index (χ4v) is 3.48. The zero-order valence-electron chi connectivity index (χ0n) is 15.1. The molecule has 0 radical (unpaired) electrons. The number of carbonyl (C=O) groups is 1. The van der Waals surface area contributed by atoms with Gasteiger partial charge in [0.2, 0.25) is 11.8 Å². The molecule has 1 fully saturated rings. The molecule has 1 N–H and O–H groups in total. The van der Waals surface area contributed by atoms with Gasteiger partial charge < -0.3 is 10.1 Å². The second-order valence-corrected chi connectivity index (χ2v) is 7.12. The van der Waals surface area contributed by atoms with E-state index in [9.17, 15) is 4.79 Å². The molecule has 0 bridgehead atoms. The summed E-state index contributed by atoms with van der Waals surface area (Å²) < 4.78 is 7.17. The van der Waals surface area contributed by atoms with E-state index >= 15 is 0 Å². The highest BCUT2D eigenvalue weighted by Crippen LogP contribution is 2.26. The number of rotatable bonds is 6. The van der Waals surface area contributed by atoms with Gasteiger partial charge in [0.1, 0.15) is 0 Å². The Morgan fingerprint density at radius 3 is 2.92 bits per heavy atom. The summed E-state index contributed by atoms with van der Waals surface area (Å²) in [6.45, 7) is 4.06. The molecule has 138 valence electrons. The van der Waals surface area contributed by atoms with Crippen LogP contribution in [0.1, 0.15) is 36.2 Å². The topological polar surface area (TPSA) is 72.3 Å². The van der Waals surface area contributed by atoms with Crippen LogP contribution in [-0.2, 0) is 31.0 Å². The fourth-order valence-electron chi connectivity index (χ4n) is 3.48. The van der Waals surface area contributed by atoms with Crippen LogP contribution in [0.15, 0.2) is 24.4 Å².